The average Bonchev–Trinajstić information content (AvgIpc) is 2.34. The summed E-state index contributed by atoms with van der Waals surface area (Å²) in [6.45, 7) is 4.23. The maximum Gasteiger partial charge on any atom is 0.271 e. The van der Waals surface area contributed by atoms with E-state index >= 15 is 0 Å². The second-order valence-electron chi connectivity index (χ2n) is 4.77. The van der Waals surface area contributed by atoms with Crippen LogP contribution in [0, 0.1) is 10.1 Å². The van der Waals surface area contributed by atoms with Gasteiger partial charge in [-0.2, -0.15) is 0 Å². The van der Waals surface area contributed by atoms with E-state index in [2.05, 4.69) is 21.2 Å². The number of amides is 1. The summed E-state index contributed by atoms with van der Waals surface area (Å²) in [7, 11) is 0. The molecule has 1 aromatic carbocycles. The van der Waals surface area contributed by atoms with Gasteiger partial charge in [-0.1, -0.05) is 22.9 Å². The highest BCUT2D eigenvalue weighted by Gasteiger charge is 2.29. The van der Waals surface area contributed by atoms with Crippen molar-refractivity contribution in [3.05, 3.63) is 38.3 Å². The van der Waals surface area contributed by atoms with E-state index in [-0.39, 0.29) is 17.6 Å². The molecule has 1 aliphatic heterocycles. The molecule has 1 amide bonds. The van der Waals surface area contributed by atoms with Gasteiger partial charge in [0.2, 0.25) is 0 Å². The molecular weight excluding hydrogens is 326 g/mol. The van der Waals surface area contributed by atoms with Crippen LogP contribution < -0.4 is 5.32 Å². The monoisotopic (exact) mass is 341 g/mol. The van der Waals surface area contributed by atoms with Gasteiger partial charge in [0.05, 0.1) is 11.0 Å². The van der Waals surface area contributed by atoms with Crippen LogP contribution in [0.25, 0.3) is 0 Å². The molecule has 0 radical (unpaired) electrons. The van der Waals surface area contributed by atoms with Gasteiger partial charge in [0.15, 0.2) is 0 Å². The molecule has 1 N–H and O–H groups in total. The molecule has 0 saturated carbocycles. The van der Waals surface area contributed by atoms with Gasteiger partial charge < -0.3 is 10.2 Å². The molecule has 0 spiro atoms. The number of benzene rings is 1. The molecule has 0 unspecified atom stereocenters. The van der Waals surface area contributed by atoms with Crippen molar-refractivity contribution in [2.45, 2.75) is 19.4 Å². The summed E-state index contributed by atoms with van der Waals surface area (Å²) in [5.74, 6) is -0.150. The molecule has 0 atom stereocenters. The minimum Gasteiger partial charge on any atom is -0.333 e. The zero-order valence-corrected chi connectivity index (χ0v) is 12.7. The first-order valence-electron chi connectivity index (χ1n) is 6.49. The third kappa shape index (κ3) is 3.16. The van der Waals surface area contributed by atoms with Gasteiger partial charge in [0.25, 0.3) is 11.6 Å². The number of nitrogens with one attached hydrogen (secondary N) is 1. The third-order valence-corrected chi connectivity index (χ3v) is 3.72. The summed E-state index contributed by atoms with van der Waals surface area (Å²) in [5, 5.41) is 14.0. The van der Waals surface area contributed by atoms with Crippen LogP contribution in [0.15, 0.2) is 22.7 Å². The fourth-order valence-electron chi connectivity index (χ4n) is 2.15. The van der Waals surface area contributed by atoms with Crippen LogP contribution in [-0.2, 0) is 0 Å². The predicted molar refractivity (Wildman–Crippen MR) is 78.8 cm³/mol. The Labute approximate surface area is 125 Å². The van der Waals surface area contributed by atoms with Crippen molar-refractivity contribution < 1.29 is 9.72 Å². The Morgan fingerprint density at radius 1 is 1.50 bits per heavy atom. The van der Waals surface area contributed by atoms with Crippen molar-refractivity contribution in [1.29, 1.82) is 0 Å². The lowest BCUT2D eigenvalue weighted by Crippen LogP contribution is -2.59. The number of carbonyl (C=O) groups is 1. The molecule has 1 heterocycles. The van der Waals surface area contributed by atoms with Crippen LogP contribution in [0.1, 0.15) is 23.7 Å². The van der Waals surface area contributed by atoms with E-state index in [1.165, 1.54) is 12.1 Å². The summed E-state index contributed by atoms with van der Waals surface area (Å²) >= 11 is 3.22. The normalized spacial score (nSPS) is 14.7. The number of rotatable bonds is 5. The molecule has 7 heteroatoms. The molecular formula is C13H16BrN3O3. The molecule has 108 valence electrons. The average molecular weight is 342 g/mol. The summed E-state index contributed by atoms with van der Waals surface area (Å²) in [6.07, 6.45) is 0.859. The van der Waals surface area contributed by atoms with Crippen molar-refractivity contribution in [3.8, 4) is 0 Å². The van der Waals surface area contributed by atoms with Crippen molar-refractivity contribution in [2.75, 3.05) is 19.6 Å². The molecule has 6 nitrogen and oxygen atoms in total. The molecule has 1 saturated heterocycles. The minimum atomic E-state index is -0.489. The van der Waals surface area contributed by atoms with E-state index in [9.17, 15) is 14.9 Å². The molecule has 1 aromatic rings. The molecule has 1 aliphatic rings. The van der Waals surface area contributed by atoms with Crippen LogP contribution in [0.2, 0.25) is 0 Å². The SMILES string of the molecule is CCCN(C(=O)c1cc(Br)cc([N+](=O)[O-])c1)C1CNC1. The van der Waals surface area contributed by atoms with Gasteiger partial charge in [-0.05, 0) is 12.5 Å². The smallest absolute Gasteiger partial charge is 0.271 e. The van der Waals surface area contributed by atoms with E-state index in [0.717, 1.165) is 19.5 Å². The summed E-state index contributed by atoms with van der Waals surface area (Å²) < 4.78 is 0.540. The molecule has 0 bridgehead atoms. The van der Waals surface area contributed by atoms with Crippen molar-refractivity contribution in [2.24, 2.45) is 0 Å². The highest BCUT2D eigenvalue weighted by atomic mass is 79.9. The largest absolute Gasteiger partial charge is 0.333 e. The quantitative estimate of drug-likeness (QED) is 0.657. The Morgan fingerprint density at radius 2 is 2.20 bits per heavy atom. The number of nitro groups is 1. The number of hydrogen-bond acceptors (Lipinski definition) is 4. The van der Waals surface area contributed by atoms with Crippen LogP contribution in [0.5, 0.6) is 0 Å². The van der Waals surface area contributed by atoms with Gasteiger partial charge in [0, 0.05) is 41.8 Å². The van der Waals surface area contributed by atoms with E-state index in [0.29, 0.717) is 16.6 Å². The van der Waals surface area contributed by atoms with E-state index in [1.807, 2.05) is 6.92 Å². The first-order valence-corrected chi connectivity index (χ1v) is 7.29. The number of non-ortho nitro benzene ring substituents is 1. The van der Waals surface area contributed by atoms with Crippen LogP contribution >= 0.6 is 15.9 Å². The molecule has 1 fully saturated rings. The summed E-state index contributed by atoms with van der Waals surface area (Å²) in [6, 6.07) is 4.54. The number of nitrogens with zero attached hydrogens (tertiary/aromatic N) is 2. The molecule has 20 heavy (non-hydrogen) atoms. The van der Waals surface area contributed by atoms with Gasteiger partial charge in [-0.25, -0.2) is 0 Å². The van der Waals surface area contributed by atoms with Crippen molar-refractivity contribution >= 4 is 27.5 Å². The Hall–Kier alpha value is -1.47. The van der Waals surface area contributed by atoms with Crippen LogP contribution in [-0.4, -0.2) is 41.4 Å². The summed E-state index contributed by atoms with van der Waals surface area (Å²) in [5.41, 5.74) is 0.275. The molecule has 2 rings (SSSR count). The maximum atomic E-state index is 12.6. The Bertz CT molecular complexity index is 532. The lowest BCUT2D eigenvalue weighted by Gasteiger charge is -2.38. The topological polar surface area (TPSA) is 75.5 Å². The van der Waals surface area contributed by atoms with Gasteiger partial charge >= 0.3 is 0 Å². The zero-order chi connectivity index (χ0) is 14.7. The molecule has 0 aliphatic carbocycles. The maximum absolute atomic E-state index is 12.6. The lowest BCUT2D eigenvalue weighted by molar-refractivity contribution is -0.385. The second kappa shape index (κ2) is 6.32. The van der Waals surface area contributed by atoms with Crippen LogP contribution in [0.4, 0.5) is 5.69 Å². The lowest BCUT2D eigenvalue weighted by atomic mass is 10.1. The first kappa shape index (κ1) is 14.9. The summed E-state index contributed by atoms with van der Waals surface area (Å²) in [4.78, 5) is 24.7. The fourth-order valence-corrected chi connectivity index (χ4v) is 2.63. The van der Waals surface area contributed by atoms with E-state index in [1.54, 1.807) is 11.0 Å². The van der Waals surface area contributed by atoms with Crippen molar-refractivity contribution in [3.63, 3.8) is 0 Å². The third-order valence-electron chi connectivity index (χ3n) is 3.27. The van der Waals surface area contributed by atoms with Crippen LogP contribution in [0.3, 0.4) is 0 Å². The Balaban J connectivity index is 2.28. The predicted octanol–water partition coefficient (Wildman–Crippen LogP) is 2.18. The Kier molecular flexibility index (Phi) is 4.72. The van der Waals surface area contributed by atoms with Crippen molar-refractivity contribution in [1.82, 2.24) is 10.2 Å². The zero-order valence-electron chi connectivity index (χ0n) is 11.1. The highest BCUT2D eigenvalue weighted by molar-refractivity contribution is 9.10. The number of nitro benzene ring substituents is 1. The number of halogens is 1. The fraction of sp³-hybridized carbons (Fsp3) is 0.462. The van der Waals surface area contributed by atoms with Gasteiger partial charge in [-0.3, -0.25) is 14.9 Å². The Morgan fingerprint density at radius 3 is 2.70 bits per heavy atom. The second-order valence-corrected chi connectivity index (χ2v) is 5.68. The standard InChI is InChI=1S/C13H16BrN3O3/c1-2-3-16(12-7-15-8-12)13(18)9-4-10(14)6-11(5-9)17(19)20/h4-6,12,15H,2-3,7-8H2,1H3. The van der Waals surface area contributed by atoms with Gasteiger partial charge in [-0.15, -0.1) is 0 Å². The van der Waals surface area contributed by atoms with E-state index < -0.39 is 4.92 Å². The highest BCUT2D eigenvalue weighted by Crippen LogP contribution is 2.23. The van der Waals surface area contributed by atoms with Gasteiger partial charge in [0.1, 0.15) is 0 Å². The molecule has 0 aromatic heterocycles. The first-order chi connectivity index (χ1) is 9.52. The number of carbonyl (C=O) groups excluding carboxylic acids is 1. The van der Waals surface area contributed by atoms with E-state index in [4.69, 9.17) is 0 Å². The number of hydrogen-bond donors (Lipinski definition) is 1. The minimum absolute atomic E-state index is 0.0779.